The molecule has 1 aromatic carbocycles. The molecule has 0 aliphatic carbocycles. The van der Waals surface area contributed by atoms with Gasteiger partial charge in [-0.3, -0.25) is 9.59 Å². The number of phenolic OH excluding ortho intramolecular Hbond substituents is 1. The van der Waals surface area contributed by atoms with E-state index in [1.165, 1.54) is 31.0 Å². The fourth-order valence-electron chi connectivity index (χ4n) is 3.21. The average molecular weight is 457 g/mol. The van der Waals surface area contributed by atoms with E-state index >= 15 is 0 Å². The van der Waals surface area contributed by atoms with Gasteiger partial charge < -0.3 is 20.5 Å². The predicted molar refractivity (Wildman–Crippen MR) is 118 cm³/mol. The molecule has 0 bridgehead atoms. The van der Waals surface area contributed by atoms with Crippen molar-refractivity contribution >= 4 is 17.5 Å². The maximum Gasteiger partial charge on any atom is 0.352 e. The third-order valence-corrected chi connectivity index (χ3v) is 5.06. The maximum atomic E-state index is 12.3. The Hall–Kier alpha value is -3.96. The van der Waals surface area contributed by atoms with E-state index in [1.807, 2.05) is 0 Å². The summed E-state index contributed by atoms with van der Waals surface area (Å²) in [7, 11) is 2.94. The number of amides is 2. The molecule has 3 rings (SSSR count). The van der Waals surface area contributed by atoms with Gasteiger partial charge in [0.15, 0.2) is 22.8 Å². The van der Waals surface area contributed by atoms with Crippen LogP contribution in [0.5, 0.6) is 11.5 Å². The summed E-state index contributed by atoms with van der Waals surface area (Å²) < 4.78 is 7.28. The topological polar surface area (TPSA) is 153 Å². The van der Waals surface area contributed by atoms with Crippen molar-refractivity contribution < 1.29 is 19.4 Å². The normalized spacial score (nSPS) is 10.8. The average Bonchev–Trinajstić information content (AvgIpc) is 3.25. The number of phenols is 1. The van der Waals surface area contributed by atoms with Crippen LogP contribution >= 0.6 is 0 Å². The van der Waals surface area contributed by atoms with Crippen LogP contribution in [-0.2, 0) is 18.4 Å². The molecule has 0 saturated carbocycles. The zero-order chi connectivity index (χ0) is 23.8. The molecule has 2 amide bonds. The Kier molecular flexibility index (Phi) is 7.95. The minimum Gasteiger partial charge on any atom is -0.504 e. The summed E-state index contributed by atoms with van der Waals surface area (Å²) in [5, 5.41) is 22.7. The minimum atomic E-state index is -0.432. The summed E-state index contributed by atoms with van der Waals surface area (Å²) in [4.78, 5) is 40.2. The van der Waals surface area contributed by atoms with Gasteiger partial charge in [0.2, 0.25) is 5.91 Å². The number of carbonyl (C=O) groups is 2. The van der Waals surface area contributed by atoms with Gasteiger partial charge in [-0.2, -0.15) is 4.68 Å². The number of hydrogen-bond acceptors (Lipinski definition) is 8. The number of unbranched alkanes of at least 4 members (excludes halogenated alkanes) is 3. The van der Waals surface area contributed by atoms with Gasteiger partial charge in [-0.25, -0.2) is 14.2 Å². The molecule has 2 aromatic heterocycles. The molecule has 0 spiro atoms. The molecule has 0 fully saturated rings. The molecule has 0 atom stereocenters. The highest BCUT2D eigenvalue weighted by Gasteiger charge is 2.16. The molecule has 3 aromatic rings. The largest absolute Gasteiger partial charge is 0.504 e. The number of aromatic nitrogens is 5. The van der Waals surface area contributed by atoms with Gasteiger partial charge in [-0.05, 0) is 30.5 Å². The SMILES string of the molecule is COc1cc(CNC(=O)CCCCCCNC(=O)c2ncn3c(=O)n(C)nnc23)ccc1O. The number of hydrogen-bond donors (Lipinski definition) is 3. The first kappa shape index (κ1) is 23.7. The first-order chi connectivity index (χ1) is 15.9. The second-order valence-corrected chi connectivity index (χ2v) is 7.49. The van der Waals surface area contributed by atoms with Crippen molar-refractivity contribution in [1.29, 1.82) is 0 Å². The summed E-state index contributed by atoms with van der Waals surface area (Å²) in [5.41, 5.74) is 0.583. The highest BCUT2D eigenvalue weighted by Crippen LogP contribution is 2.26. The van der Waals surface area contributed by atoms with Gasteiger partial charge in [0.25, 0.3) is 5.91 Å². The van der Waals surface area contributed by atoms with Gasteiger partial charge >= 0.3 is 5.69 Å². The highest BCUT2D eigenvalue weighted by molar-refractivity contribution is 5.97. The summed E-state index contributed by atoms with van der Waals surface area (Å²) >= 11 is 0. The zero-order valence-electron chi connectivity index (χ0n) is 18.6. The number of nitrogens with one attached hydrogen (secondary N) is 2. The van der Waals surface area contributed by atoms with Gasteiger partial charge in [0, 0.05) is 26.6 Å². The first-order valence-electron chi connectivity index (χ1n) is 10.6. The summed E-state index contributed by atoms with van der Waals surface area (Å²) in [6.45, 7) is 0.811. The summed E-state index contributed by atoms with van der Waals surface area (Å²) in [5.74, 6) is -0.0341. The van der Waals surface area contributed by atoms with Crippen molar-refractivity contribution in [2.45, 2.75) is 38.6 Å². The van der Waals surface area contributed by atoms with Crippen molar-refractivity contribution in [1.82, 2.24) is 35.0 Å². The van der Waals surface area contributed by atoms with E-state index in [0.29, 0.717) is 25.3 Å². The van der Waals surface area contributed by atoms with Gasteiger partial charge in [-0.1, -0.05) is 24.1 Å². The number of benzene rings is 1. The predicted octanol–water partition coefficient (Wildman–Crippen LogP) is 0.534. The second kappa shape index (κ2) is 11.1. The number of ether oxygens (including phenoxy) is 1. The lowest BCUT2D eigenvalue weighted by Crippen LogP contribution is -2.29. The Labute approximate surface area is 189 Å². The zero-order valence-corrected chi connectivity index (χ0v) is 18.6. The van der Waals surface area contributed by atoms with Gasteiger partial charge in [0.1, 0.15) is 6.33 Å². The highest BCUT2D eigenvalue weighted by atomic mass is 16.5. The molecule has 176 valence electrons. The third-order valence-electron chi connectivity index (χ3n) is 5.06. The van der Waals surface area contributed by atoms with Crippen LogP contribution in [0.3, 0.4) is 0 Å². The van der Waals surface area contributed by atoms with Crippen molar-refractivity contribution in [3.63, 3.8) is 0 Å². The van der Waals surface area contributed by atoms with E-state index in [1.54, 1.807) is 12.1 Å². The lowest BCUT2D eigenvalue weighted by molar-refractivity contribution is -0.121. The van der Waals surface area contributed by atoms with Crippen LogP contribution in [0, 0.1) is 0 Å². The number of imidazole rings is 1. The standard InChI is InChI=1S/C21H27N7O5/c1-27-21(32)28-13-24-18(19(28)25-26-27)20(31)22-10-6-4-3-5-7-17(30)23-12-14-8-9-15(29)16(11-14)33-2/h8-9,11,13,29H,3-7,10,12H2,1-2H3,(H,22,31)(H,23,30). The van der Waals surface area contributed by atoms with Crippen LogP contribution < -0.4 is 21.1 Å². The summed E-state index contributed by atoms with van der Waals surface area (Å²) in [6.07, 6.45) is 4.86. The van der Waals surface area contributed by atoms with E-state index in [-0.39, 0.29) is 23.0 Å². The van der Waals surface area contributed by atoms with Crippen LogP contribution in [0.1, 0.15) is 48.2 Å². The van der Waals surface area contributed by atoms with E-state index in [4.69, 9.17) is 4.74 Å². The van der Waals surface area contributed by atoms with Crippen molar-refractivity contribution in [2.24, 2.45) is 7.05 Å². The number of rotatable bonds is 11. The molecule has 33 heavy (non-hydrogen) atoms. The number of fused-ring (bicyclic) bond motifs is 1. The fourth-order valence-corrected chi connectivity index (χ4v) is 3.21. The molecule has 0 unspecified atom stereocenters. The Balaban J connectivity index is 1.30. The Morgan fingerprint density at radius 1 is 1.15 bits per heavy atom. The first-order valence-corrected chi connectivity index (χ1v) is 10.6. The van der Waals surface area contributed by atoms with Crippen molar-refractivity contribution in [3.05, 3.63) is 46.3 Å². The monoisotopic (exact) mass is 457 g/mol. The molecule has 2 heterocycles. The van der Waals surface area contributed by atoms with Crippen molar-refractivity contribution in [3.8, 4) is 11.5 Å². The number of methoxy groups -OCH3 is 1. The van der Waals surface area contributed by atoms with Gasteiger partial charge in [0.05, 0.1) is 7.11 Å². The van der Waals surface area contributed by atoms with E-state index in [9.17, 15) is 19.5 Å². The molecule has 3 N–H and O–H groups in total. The fraction of sp³-hybridized carbons (Fsp3) is 0.429. The third kappa shape index (κ3) is 6.05. The van der Waals surface area contributed by atoms with Crippen LogP contribution in [0.15, 0.2) is 29.3 Å². The summed E-state index contributed by atoms with van der Waals surface area (Å²) in [6, 6.07) is 4.94. The molecular weight excluding hydrogens is 430 g/mol. The molecular formula is C21H27N7O5. The minimum absolute atomic E-state index is 0.0470. The Bertz CT molecular complexity index is 1190. The van der Waals surface area contributed by atoms with Crippen LogP contribution in [0.25, 0.3) is 5.65 Å². The number of nitrogens with zero attached hydrogens (tertiary/aromatic N) is 5. The molecule has 0 aliphatic rings. The lowest BCUT2D eigenvalue weighted by atomic mass is 10.1. The number of carbonyl (C=O) groups excluding carboxylic acids is 2. The molecule has 0 radical (unpaired) electrons. The lowest BCUT2D eigenvalue weighted by Gasteiger charge is -2.08. The maximum absolute atomic E-state index is 12.3. The van der Waals surface area contributed by atoms with Crippen LogP contribution in [0.2, 0.25) is 0 Å². The van der Waals surface area contributed by atoms with Crippen LogP contribution in [-0.4, -0.2) is 55.0 Å². The number of aromatic hydroxyl groups is 1. The second-order valence-electron chi connectivity index (χ2n) is 7.49. The van der Waals surface area contributed by atoms with E-state index < -0.39 is 11.6 Å². The Morgan fingerprint density at radius 2 is 1.94 bits per heavy atom. The van der Waals surface area contributed by atoms with E-state index in [2.05, 4.69) is 25.9 Å². The molecule has 0 saturated heterocycles. The van der Waals surface area contributed by atoms with Gasteiger partial charge in [-0.15, -0.1) is 5.10 Å². The van der Waals surface area contributed by atoms with E-state index in [0.717, 1.165) is 35.9 Å². The molecule has 12 nitrogen and oxygen atoms in total. The Morgan fingerprint density at radius 3 is 2.73 bits per heavy atom. The quantitative estimate of drug-likeness (QED) is 0.353. The van der Waals surface area contributed by atoms with Crippen LogP contribution in [0.4, 0.5) is 0 Å². The van der Waals surface area contributed by atoms with Crippen molar-refractivity contribution in [2.75, 3.05) is 13.7 Å². The molecule has 12 heteroatoms. The smallest absolute Gasteiger partial charge is 0.352 e. The number of aryl methyl sites for hydroxylation is 1. The molecule has 0 aliphatic heterocycles.